The fourth-order valence-corrected chi connectivity index (χ4v) is 4.50. The minimum Gasteiger partial charge on any atom is -0.489 e. The molecule has 32 heavy (non-hydrogen) atoms. The summed E-state index contributed by atoms with van der Waals surface area (Å²) in [4.78, 5) is 13.5. The number of hydrogen-bond donors (Lipinski definition) is 1. The predicted molar refractivity (Wildman–Crippen MR) is 133 cm³/mol. The lowest BCUT2D eigenvalue weighted by atomic mass is 10.2. The average Bonchev–Trinajstić information content (AvgIpc) is 3.35. The molecule has 0 aliphatic rings. The second-order valence-corrected chi connectivity index (χ2v) is 9.61. The molecule has 0 bridgehead atoms. The van der Waals surface area contributed by atoms with Gasteiger partial charge in [-0.3, -0.25) is 9.48 Å². The van der Waals surface area contributed by atoms with E-state index < -0.39 is 0 Å². The van der Waals surface area contributed by atoms with Gasteiger partial charge in [-0.25, -0.2) is 0 Å². The number of aromatic nitrogens is 2. The highest BCUT2D eigenvalue weighted by molar-refractivity contribution is 9.10. The Balaban J connectivity index is 1.41. The van der Waals surface area contributed by atoms with Crippen molar-refractivity contribution in [1.82, 2.24) is 9.78 Å². The Bertz CT molecular complexity index is 1250. The molecule has 0 unspecified atom stereocenters. The van der Waals surface area contributed by atoms with Gasteiger partial charge in [-0.15, -0.1) is 11.3 Å². The quantitative estimate of drug-likeness (QED) is 0.284. The number of aryl methyl sites for hydroxylation is 1. The van der Waals surface area contributed by atoms with E-state index in [1.54, 1.807) is 12.1 Å². The molecule has 8 heteroatoms. The van der Waals surface area contributed by atoms with Gasteiger partial charge < -0.3 is 10.1 Å². The van der Waals surface area contributed by atoms with Crippen molar-refractivity contribution in [1.29, 1.82) is 0 Å². The van der Waals surface area contributed by atoms with Crippen molar-refractivity contribution in [2.75, 3.05) is 5.32 Å². The molecule has 2 aromatic heterocycles. The van der Waals surface area contributed by atoms with Gasteiger partial charge in [0, 0.05) is 15.1 Å². The zero-order valence-corrected chi connectivity index (χ0v) is 20.7. The van der Waals surface area contributed by atoms with Crippen LogP contribution in [-0.4, -0.2) is 15.7 Å². The molecule has 1 amide bonds. The van der Waals surface area contributed by atoms with Crippen LogP contribution in [0.5, 0.6) is 5.75 Å². The van der Waals surface area contributed by atoms with Gasteiger partial charge >= 0.3 is 0 Å². The van der Waals surface area contributed by atoms with Gasteiger partial charge in [-0.05, 0) is 61.2 Å². The van der Waals surface area contributed by atoms with Crippen LogP contribution in [0, 0.1) is 13.8 Å². The van der Waals surface area contributed by atoms with Crippen LogP contribution in [0.15, 0.2) is 64.5 Å². The molecular weight excluding hydrogens is 510 g/mol. The second-order valence-electron chi connectivity index (χ2n) is 7.35. The summed E-state index contributed by atoms with van der Waals surface area (Å²) in [6.45, 7) is 4.87. The number of carbonyl (C=O) groups excluding carboxylic acids is 1. The summed E-state index contributed by atoms with van der Waals surface area (Å²) >= 11 is 10.8. The normalized spacial score (nSPS) is 10.9. The summed E-state index contributed by atoms with van der Waals surface area (Å²) in [7, 11) is 0. The number of nitrogens with one attached hydrogen (secondary N) is 1. The van der Waals surface area contributed by atoms with Gasteiger partial charge in [0.15, 0.2) is 0 Å². The summed E-state index contributed by atoms with van der Waals surface area (Å²) in [5, 5.41) is 10.2. The van der Waals surface area contributed by atoms with Crippen LogP contribution in [0.1, 0.15) is 32.2 Å². The van der Waals surface area contributed by atoms with Gasteiger partial charge in [-0.1, -0.05) is 45.7 Å². The van der Waals surface area contributed by atoms with E-state index in [0.717, 1.165) is 32.7 Å². The van der Waals surface area contributed by atoms with Gasteiger partial charge in [-0.2, -0.15) is 5.10 Å². The molecule has 164 valence electrons. The Morgan fingerprint density at radius 3 is 2.69 bits per heavy atom. The van der Waals surface area contributed by atoms with Gasteiger partial charge in [0.05, 0.1) is 28.5 Å². The number of amides is 1. The van der Waals surface area contributed by atoms with Crippen molar-refractivity contribution in [3.8, 4) is 5.75 Å². The Morgan fingerprint density at radius 2 is 1.94 bits per heavy atom. The number of benzene rings is 2. The molecule has 0 fully saturated rings. The Labute approximate surface area is 204 Å². The first kappa shape index (κ1) is 22.6. The van der Waals surface area contributed by atoms with E-state index in [-0.39, 0.29) is 5.91 Å². The fraction of sp³-hybridized carbons (Fsp3) is 0.167. The van der Waals surface area contributed by atoms with Crippen LogP contribution in [0.25, 0.3) is 0 Å². The topological polar surface area (TPSA) is 56.2 Å². The minimum atomic E-state index is -0.154. The lowest BCUT2D eigenvalue weighted by Crippen LogP contribution is -2.12. The van der Waals surface area contributed by atoms with Crippen molar-refractivity contribution in [3.05, 3.63) is 96.9 Å². The largest absolute Gasteiger partial charge is 0.489 e. The van der Waals surface area contributed by atoms with Crippen LogP contribution in [0.3, 0.4) is 0 Å². The molecular formula is C24H21BrClN3O2S. The molecule has 2 aromatic carbocycles. The van der Waals surface area contributed by atoms with Crippen molar-refractivity contribution < 1.29 is 9.53 Å². The first-order chi connectivity index (χ1) is 15.4. The van der Waals surface area contributed by atoms with Crippen molar-refractivity contribution >= 4 is 50.5 Å². The number of halogens is 2. The predicted octanol–water partition coefficient (Wildman–Crippen LogP) is 6.86. The Morgan fingerprint density at radius 1 is 1.16 bits per heavy atom. The first-order valence-corrected chi connectivity index (χ1v) is 12.0. The van der Waals surface area contributed by atoms with Crippen LogP contribution in [-0.2, 0) is 13.2 Å². The first-order valence-electron chi connectivity index (χ1n) is 9.94. The number of nitrogens with zero attached hydrogens (tertiary/aromatic N) is 2. The SMILES string of the molecule is Cc1nn(Cc2ccc(Br)cc2)c(C)c1NC(=O)c1cc(COc2cccc(Cl)c2)cs1. The number of thiophene rings is 1. The zero-order valence-electron chi connectivity index (χ0n) is 17.6. The molecule has 4 aromatic rings. The van der Waals surface area contributed by atoms with E-state index >= 15 is 0 Å². The lowest BCUT2D eigenvalue weighted by Gasteiger charge is -2.07. The molecule has 0 saturated carbocycles. The van der Waals surface area contributed by atoms with Crippen molar-refractivity contribution in [2.45, 2.75) is 27.0 Å². The number of ether oxygens (including phenoxy) is 1. The van der Waals surface area contributed by atoms with E-state index in [1.807, 2.05) is 54.2 Å². The molecule has 0 aliphatic carbocycles. The molecule has 2 heterocycles. The highest BCUT2D eigenvalue weighted by Crippen LogP contribution is 2.24. The lowest BCUT2D eigenvalue weighted by molar-refractivity contribution is 0.103. The maximum Gasteiger partial charge on any atom is 0.265 e. The fourth-order valence-electron chi connectivity index (χ4n) is 3.26. The molecule has 0 atom stereocenters. The number of carbonyl (C=O) groups is 1. The molecule has 0 saturated heterocycles. The Hall–Kier alpha value is -2.61. The Kier molecular flexibility index (Phi) is 6.98. The highest BCUT2D eigenvalue weighted by atomic mass is 79.9. The standard InChI is InChI=1S/C24H21BrClN3O2S/c1-15-23(16(2)29(28-15)12-17-6-8-19(25)9-7-17)27-24(30)22-10-18(14-32-22)13-31-21-5-3-4-20(26)11-21/h3-11,14H,12-13H2,1-2H3,(H,27,30). The smallest absolute Gasteiger partial charge is 0.265 e. The van der Waals surface area contributed by atoms with Crippen molar-refractivity contribution in [2.24, 2.45) is 0 Å². The van der Waals surface area contributed by atoms with Gasteiger partial charge in [0.25, 0.3) is 5.91 Å². The minimum absolute atomic E-state index is 0.154. The molecule has 0 aliphatic heterocycles. The monoisotopic (exact) mass is 529 g/mol. The number of hydrogen-bond acceptors (Lipinski definition) is 4. The number of anilines is 1. The molecule has 1 N–H and O–H groups in total. The van der Waals surface area contributed by atoms with E-state index in [2.05, 4.69) is 38.5 Å². The maximum absolute atomic E-state index is 12.9. The summed E-state index contributed by atoms with van der Waals surface area (Å²) < 4.78 is 8.71. The van der Waals surface area contributed by atoms with Crippen LogP contribution >= 0.6 is 38.9 Å². The highest BCUT2D eigenvalue weighted by Gasteiger charge is 2.17. The number of rotatable bonds is 7. The molecule has 0 spiro atoms. The summed E-state index contributed by atoms with van der Waals surface area (Å²) in [6.07, 6.45) is 0. The summed E-state index contributed by atoms with van der Waals surface area (Å²) in [5.41, 5.74) is 4.52. The van der Waals surface area contributed by atoms with Gasteiger partial charge in [0.2, 0.25) is 0 Å². The average molecular weight is 531 g/mol. The van der Waals surface area contributed by atoms with E-state index in [1.165, 1.54) is 11.3 Å². The van der Waals surface area contributed by atoms with Gasteiger partial charge in [0.1, 0.15) is 12.4 Å². The van der Waals surface area contributed by atoms with Crippen molar-refractivity contribution in [3.63, 3.8) is 0 Å². The third-order valence-electron chi connectivity index (χ3n) is 4.94. The maximum atomic E-state index is 12.9. The second kappa shape index (κ2) is 9.90. The molecule has 4 rings (SSSR count). The zero-order chi connectivity index (χ0) is 22.7. The molecule has 5 nitrogen and oxygen atoms in total. The summed E-state index contributed by atoms with van der Waals surface area (Å²) in [6, 6.07) is 17.2. The molecule has 0 radical (unpaired) electrons. The summed E-state index contributed by atoms with van der Waals surface area (Å²) in [5.74, 6) is 0.539. The van der Waals surface area contributed by atoms with Crippen LogP contribution in [0.4, 0.5) is 5.69 Å². The van der Waals surface area contributed by atoms with E-state index in [9.17, 15) is 4.79 Å². The van der Waals surface area contributed by atoms with Crippen LogP contribution in [0.2, 0.25) is 5.02 Å². The third-order valence-corrected chi connectivity index (χ3v) is 6.69. The third kappa shape index (κ3) is 5.41. The van der Waals surface area contributed by atoms with E-state index in [0.29, 0.717) is 28.8 Å². The van der Waals surface area contributed by atoms with E-state index in [4.69, 9.17) is 16.3 Å². The van der Waals surface area contributed by atoms with Crippen LogP contribution < -0.4 is 10.1 Å².